The van der Waals surface area contributed by atoms with Crippen molar-refractivity contribution < 1.29 is 4.79 Å². The summed E-state index contributed by atoms with van der Waals surface area (Å²) in [4.78, 5) is 12.6. The van der Waals surface area contributed by atoms with Crippen LogP contribution in [0.3, 0.4) is 0 Å². The zero-order valence-corrected chi connectivity index (χ0v) is 14.7. The van der Waals surface area contributed by atoms with E-state index < -0.39 is 0 Å². The number of hydrogen-bond donors (Lipinski definition) is 1. The van der Waals surface area contributed by atoms with E-state index in [4.69, 9.17) is 0 Å². The molecule has 0 atom stereocenters. The van der Waals surface area contributed by atoms with Crippen LogP contribution in [0.5, 0.6) is 0 Å². The van der Waals surface area contributed by atoms with Crippen LogP contribution in [0.1, 0.15) is 15.9 Å². The van der Waals surface area contributed by atoms with Gasteiger partial charge in [0.2, 0.25) is 0 Å². The van der Waals surface area contributed by atoms with Crippen LogP contribution in [0.25, 0.3) is 11.4 Å². The molecule has 0 spiro atoms. The lowest BCUT2D eigenvalue weighted by Crippen LogP contribution is -2.26. The molecule has 27 heavy (non-hydrogen) atoms. The number of para-hydroxylation sites is 2. The second kappa shape index (κ2) is 7.70. The van der Waals surface area contributed by atoms with E-state index in [1.807, 2.05) is 77.9 Å². The van der Waals surface area contributed by atoms with E-state index in [-0.39, 0.29) is 5.91 Å². The van der Waals surface area contributed by atoms with Gasteiger partial charge in [0.25, 0.3) is 5.91 Å². The fourth-order valence-corrected chi connectivity index (χ4v) is 2.90. The number of carbonyl (C=O) groups is 1. The third-order valence-electron chi connectivity index (χ3n) is 4.26. The van der Waals surface area contributed by atoms with Crippen molar-refractivity contribution in [2.24, 2.45) is 0 Å². The molecule has 4 rings (SSSR count). The first-order valence-electron chi connectivity index (χ1n) is 8.77. The molecule has 2 heterocycles. The molecule has 0 saturated carbocycles. The van der Waals surface area contributed by atoms with Crippen LogP contribution in [0.2, 0.25) is 0 Å². The van der Waals surface area contributed by atoms with Crippen LogP contribution < -0.4 is 5.32 Å². The van der Waals surface area contributed by atoms with E-state index in [0.29, 0.717) is 18.5 Å². The molecular formula is C21H19N5O. The molecule has 134 valence electrons. The molecule has 0 radical (unpaired) electrons. The van der Waals surface area contributed by atoms with Crippen molar-refractivity contribution in [1.29, 1.82) is 0 Å². The van der Waals surface area contributed by atoms with E-state index in [2.05, 4.69) is 15.5 Å². The summed E-state index contributed by atoms with van der Waals surface area (Å²) in [6.07, 6.45) is 8.04. The van der Waals surface area contributed by atoms with E-state index in [0.717, 1.165) is 16.9 Å². The van der Waals surface area contributed by atoms with Crippen molar-refractivity contribution in [2.75, 3.05) is 6.54 Å². The summed E-state index contributed by atoms with van der Waals surface area (Å²) in [5, 5.41) is 11.6. The molecule has 6 heteroatoms. The molecule has 1 N–H and O–H groups in total. The van der Waals surface area contributed by atoms with Gasteiger partial charge in [-0.1, -0.05) is 30.3 Å². The highest BCUT2D eigenvalue weighted by Crippen LogP contribution is 2.13. The quantitative estimate of drug-likeness (QED) is 0.577. The number of amides is 1. The lowest BCUT2D eigenvalue weighted by atomic mass is 10.1. The van der Waals surface area contributed by atoms with Crippen LogP contribution in [0.4, 0.5) is 0 Å². The third kappa shape index (κ3) is 3.79. The predicted octanol–water partition coefficient (Wildman–Crippen LogP) is 3.03. The Balaban J connectivity index is 1.39. The van der Waals surface area contributed by atoms with Crippen LogP contribution in [-0.4, -0.2) is 32.0 Å². The maximum Gasteiger partial charge on any atom is 0.253 e. The van der Waals surface area contributed by atoms with Crippen molar-refractivity contribution in [3.05, 3.63) is 96.6 Å². The largest absolute Gasteiger partial charge is 0.352 e. The lowest BCUT2D eigenvalue weighted by molar-refractivity contribution is 0.0954. The minimum atomic E-state index is -0.114. The number of aromatic nitrogens is 4. The van der Waals surface area contributed by atoms with Crippen molar-refractivity contribution in [3.8, 4) is 11.4 Å². The summed E-state index contributed by atoms with van der Waals surface area (Å²) >= 11 is 0. The van der Waals surface area contributed by atoms with Crippen LogP contribution in [0, 0.1) is 0 Å². The molecule has 4 aromatic rings. The number of carbonyl (C=O) groups excluding carboxylic acids is 1. The highest BCUT2D eigenvalue weighted by atomic mass is 16.1. The molecule has 6 nitrogen and oxygen atoms in total. The fourth-order valence-electron chi connectivity index (χ4n) is 2.90. The van der Waals surface area contributed by atoms with Crippen molar-refractivity contribution in [1.82, 2.24) is 24.9 Å². The SMILES string of the molecule is O=C(NCCc1cnn(-c2ccccc2)c1)c1ccccc1-n1cccn1. The fraction of sp³-hybridized carbons (Fsp3) is 0.0952. The van der Waals surface area contributed by atoms with E-state index >= 15 is 0 Å². The van der Waals surface area contributed by atoms with Gasteiger partial charge in [0, 0.05) is 25.1 Å². The topological polar surface area (TPSA) is 64.7 Å². The Morgan fingerprint density at radius 2 is 1.74 bits per heavy atom. The van der Waals surface area contributed by atoms with Gasteiger partial charge in [-0.05, 0) is 42.3 Å². The smallest absolute Gasteiger partial charge is 0.253 e. The summed E-state index contributed by atoms with van der Waals surface area (Å²) in [5.41, 5.74) is 3.44. The van der Waals surface area contributed by atoms with Gasteiger partial charge >= 0.3 is 0 Å². The Hall–Kier alpha value is -3.67. The van der Waals surface area contributed by atoms with Gasteiger partial charge in [-0.2, -0.15) is 10.2 Å². The zero-order chi connectivity index (χ0) is 18.5. The minimum absolute atomic E-state index is 0.114. The Bertz CT molecular complexity index is 1020. The highest BCUT2D eigenvalue weighted by molar-refractivity contribution is 5.97. The summed E-state index contributed by atoms with van der Waals surface area (Å²) in [6.45, 7) is 0.534. The standard InChI is InChI=1S/C21H19N5O/c27-21(19-9-4-5-10-20(19)25-14-6-12-23-25)22-13-11-17-15-24-26(16-17)18-7-2-1-3-8-18/h1-10,12,14-16H,11,13H2,(H,22,27). The Morgan fingerprint density at radius 1 is 0.926 bits per heavy atom. The van der Waals surface area contributed by atoms with Crippen LogP contribution in [-0.2, 0) is 6.42 Å². The first-order valence-corrected chi connectivity index (χ1v) is 8.77. The number of hydrogen-bond acceptors (Lipinski definition) is 3. The minimum Gasteiger partial charge on any atom is -0.352 e. The molecule has 0 aliphatic rings. The summed E-state index contributed by atoms with van der Waals surface area (Å²) in [6, 6.07) is 19.2. The molecule has 0 fully saturated rings. The average Bonchev–Trinajstić information content (AvgIpc) is 3.41. The number of rotatable bonds is 6. The van der Waals surface area contributed by atoms with Gasteiger partial charge < -0.3 is 5.32 Å². The molecule has 2 aromatic heterocycles. The molecule has 0 saturated heterocycles. The summed E-state index contributed by atoms with van der Waals surface area (Å²) < 4.78 is 3.53. The van der Waals surface area contributed by atoms with E-state index in [1.165, 1.54) is 0 Å². The van der Waals surface area contributed by atoms with Gasteiger partial charge in [-0.15, -0.1) is 0 Å². The molecular weight excluding hydrogens is 338 g/mol. The Kier molecular flexibility index (Phi) is 4.78. The molecule has 0 bridgehead atoms. The lowest BCUT2D eigenvalue weighted by Gasteiger charge is -2.09. The maximum atomic E-state index is 12.6. The van der Waals surface area contributed by atoms with Gasteiger partial charge in [-0.25, -0.2) is 9.36 Å². The first kappa shape index (κ1) is 16.8. The van der Waals surface area contributed by atoms with Crippen LogP contribution in [0.15, 0.2) is 85.5 Å². The summed E-state index contributed by atoms with van der Waals surface area (Å²) in [5.74, 6) is -0.114. The second-order valence-corrected chi connectivity index (χ2v) is 6.10. The third-order valence-corrected chi connectivity index (χ3v) is 4.26. The molecule has 0 aliphatic heterocycles. The average molecular weight is 357 g/mol. The molecule has 0 aliphatic carbocycles. The number of nitrogens with one attached hydrogen (secondary N) is 1. The van der Waals surface area contributed by atoms with Crippen molar-refractivity contribution >= 4 is 5.91 Å². The number of nitrogens with zero attached hydrogens (tertiary/aromatic N) is 4. The van der Waals surface area contributed by atoms with E-state index in [9.17, 15) is 4.79 Å². The second-order valence-electron chi connectivity index (χ2n) is 6.10. The van der Waals surface area contributed by atoms with Crippen molar-refractivity contribution in [2.45, 2.75) is 6.42 Å². The zero-order valence-electron chi connectivity index (χ0n) is 14.7. The normalized spacial score (nSPS) is 10.7. The molecule has 0 unspecified atom stereocenters. The van der Waals surface area contributed by atoms with Gasteiger partial charge in [-0.3, -0.25) is 4.79 Å². The Labute approximate surface area is 157 Å². The molecule has 1 amide bonds. The number of benzene rings is 2. The van der Waals surface area contributed by atoms with Crippen molar-refractivity contribution in [3.63, 3.8) is 0 Å². The monoisotopic (exact) mass is 357 g/mol. The van der Waals surface area contributed by atoms with Gasteiger partial charge in [0.05, 0.1) is 23.1 Å². The Morgan fingerprint density at radius 3 is 2.56 bits per heavy atom. The highest BCUT2D eigenvalue weighted by Gasteiger charge is 2.12. The van der Waals surface area contributed by atoms with Crippen LogP contribution >= 0.6 is 0 Å². The molecule has 2 aromatic carbocycles. The predicted molar refractivity (Wildman–Crippen MR) is 103 cm³/mol. The maximum absolute atomic E-state index is 12.6. The van der Waals surface area contributed by atoms with E-state index in [1.54, 1.807) is 16.9 Å². The van der Waals surface area contributed by atoms with Gasteiger partial charge in [0.1, 0.15) is 0 Å². The summed E-state index contributed by atoms with van der Waals surface area (Å²) in [7, 11) is 0. The van der Waals surface area contributed by atoms with Gasteiger partial charge in [0.15, 0.2) is 0 Å². The first-order chi connectivity index (χ1) is 13.3.